The molecule has 0 radical (unpaired) electrons. The average Bonchev–Trinajstić information content (AvgIpc) is 2.81. The Kier molecular flexibility index (Phi) is 4.70. The van der Waals surface area contributed by atoms with Crippen molar-refractivity contribution >= 4 is 10.9 Å². The Bertz CT molecular complexity index is 1360. The smallest absolute Gasteiger partial charge is 0.191 e. The number of nitrogens with zero attached hydrogens (tertiary/aromatic N) is 2. The molecule has 0 bridgehead atoms. The highest BCUT2D eigenvalue weighted by atomic mass is 16.1. The topological polar surface area (TPSA) is 34.9 Å². The van der Waals surface area contributed by atoms with Crippen molar-refractivity contribution in [1.29, 1.82) is 0 Å². The van der Waals surface area contributed by atoms with Gasteiger partial charge in [0.25, 0.3) is 0 Å². The summed E-state index contributed by atoms with van der Waals surface area (Å²) < 4.78 is 2.18. The summed E-state index contributed by atoms with van der Waals surface area (Å²) in [7, 11) is 0. The van der Waals surface area contributed by atoms with Gasteiger partial charge >= 0.3 is 0 Å². The Morgan fingerprint density at radius 3 is 2.07 bits per heavy atom. The molecule has 0 N–H and O–H groups in total. The first-order chi connectivity index (χ1) is 14.8. The molecule has 0 aliphatic carbocycles. The first-order valence-electron chi connectivity index (χ1n) is 9.99. The van der Waals surface area contributed by atoms with Crippen molar-refractivity contribution in [2.75, 3.05) is 0 Å². The minimum atomic E-state index is -0.00442. The lowest BCUT2D eigenvalue weighted by Crippen LogP contribution is -2.14. The van der Waals surface area contributed by atoms with Crippen molar-refractivity contribution in [2.24, 2.45) is 0 Å². The molecule has 2 aromatic heterocycles. The first-order valence-corrected chi connectivity index (χ1v) is 9.99. The van der Waals surface area contributed by atoms with Gasteiger partial charge in [-0.3, -0.25) is 9.78 Å². The Morgan fingerprint density at radius 1 is 0.733 bits per heavy atom. The fourth-order valence-corrected chi connectivity index (χ4v) is 3.85. The molecule has 5 rings (SSSR count). The second kappa shape index (κ2) is 7.80. The van der Waals surface area contributed by atoms with E-state index in [2.05, 4.69) is 33.8 Å². The summed E-state index contributed by atoms with van der Waals surface area (Å²) in [4.78, 5) is 17.5. The van der Waals surface area contributed by atoms with Gasteiger partial charge in [-0.25, -0.2) is 0 Å². The Labute approximate surface area is 174 Å². The molecule has 0 spiro atoms. The molecular formula is C27H20N2O. The lowest BCUT2D eigenvalue weighted by molar-refractivity contribution is 0.960. The number of benzene rings is 3. The number of rotatable bonds is 4. The standard InChI is InChI=1S/C27H20N2O/c30-27-17-23(16-20-10-4-1-5-11-20)29(22-14-8-3-9-15-22)26-18-25(28-19-24(26)27)21-12-6-2-7-13-21/h1-15,17-19H,16H2. The van der Waals surface area contributed by atoms with E-state index in [0.29, 0.717) is 11.8 Å². The van der Waals surface area contributed by atoms with Crippen molar-refractivity contribution in [1.82, 2.24) is 9.55 Å². The van der Waals surface area contributed by atoms with Crippen LogP contribution in [-0.4, -0.2) is 9.55 Å². The zero-order chi connectivity index (χ0) is 20.3. The van der Waals surface area contributed by atoms with Crippen LogP contribution in [0.2, 0.25) is 0 Å². The quantitative estimate of drug-likeness (QED) is 0.399. The van der Waals surface area contributed by atoms with Crippen LogP contribution in [0, 0.1) is 0 Å². The van der Waals surface area contributed by atoms with Gasteiger partial charge < -0.3 is 4.57 Å². The maximum atomic E-state index is 13.0. The molecule has 3 aromatic carbocycles. The van der Waals surface area contributed by atoms with Crippen LogP contribution in [-0.2, 0) is 6.42 Å². The fourth-order valence-electron chi connectivity index (χ4n) is 3.85. The molecule has 0 aliphatic heterocycles. The number of hydrogen-bond acceptors (Lipinski definition) is 2. The summed E-state index contributed by atoms with van der Waals surface area (Å²) in [6, 6.07) is 34.2. The van der Waals surface area contributed by atoms with Crippen molar-refractivity contribution in [2.45, 2.75) is 6.42 Å². The summed E-state index contributed by atoms with van der Waals surface area (Å²) in [5.41, 5.74) is 5.89. The van der Waals surface area contributed by atoms with Crippen LogP contribution in [0.4, 0.5) is 0 Å². The van der Waals surface area contributed by atoms with E-state index in [4.69, 9.17) is 0 Å². The second-order valence-electron chi connectivity index (χ2n) is 7.29. The van der Waals surface area contributed by atoms with Crippen LogP contribution in [0.1, 0.15) is 11.3 Å². The molecule has 0 unspecified atom stereocenters. The first kappa shape index (κ1) is 18.1. The van der Waals surface area contributed by atoms with Crippen molar-refractivity contribution < 1.29 is 0 Å². The molecule has 0 fully saturated rings. The predicted octanol–water partition coefficient (Wildman–Crippen LogP) is 5.64. The molecule has 2 heterocycles. The predicted molar refractivity (Wildman–Crippen MR) is 122 cm³/mol. The molecule has 30 heavy (non-hydrogen) atoms. The van der Waals surface area contributed by atoms with E-state index < -0.39 is 0 Å². The second-order valence-corrected chi connectivity index (χ2v) is 7.29. The number of hydrogen-bond donors (Lipinski definition) is 0. The zero-order valence-electron chi connectivity index (χ0n) is 16.4. The van der Waals surface area contributed by atoms with E-state index in [9.17, 15) is 4.79 Å². The molecule has 0 amide bonds. The van der Waals surface area contributed by atoms with Gasteiger partial charge in [-0.15, -0.1) is 0 Å². The monoisotopic (exact) mass is 388 g/mol. The molecule has 0 atom stereocenters. The normalized spacial score (nSPS) is 10.9. The van der Waals surface area contributed by atoms with Gasteiger partial charge in [0.15, 0.2) is 5.43 Å². The number of fused-ring (bicyclic) bond motifs is 1. The third kappa shape index (κ3) is 3.42. The van der Waals surface area contributed by atoms with Crippen LogP contribution in [0.25, 0.3) is 27.8 Å². The third-order valence-corrected chi connectivity index (χ3v) is 5.29. The number of aromatic nitrogens is 2. The van der Waals surface area contributed by atoms with Crippen LogP contribution < -0.4 is 5.43 Å². The maximum Gasteiger partial charge on any atom is 0.191 e. The lowest BCUT2D eigenvalue weighted by atomic mass is 10.1. The van der Waals surface area contributed by atoms with E-state index in [-0.39, 0.29) is 5.43 Å². The number of pyridine rings is 2. The average molecular weight is 388 g/mol. The van der Waals surface area contributed by atoms with Crippen LogP contribution in [0.5, 0.6) is 0 Å². The van der Waals surface area contributed by atoms with E-state index in [1.165, 1.54) is 5.56 Å². The Hall–Kier alpha value is -3.98. The minimum Gasteiger partial charge on any atom is -0.313 e. The van der Waals surface area contributed by atoms with Gasteiger partial charge in [-0.2, -0.15) is 0 Å². The summed E-state index contributed by atoms with van der Waals surface area (Å²) in [6.45, 7) is 0. The molecule has 3 heteroatoms. The number of para-hydroxylation sites is 1. The van der Waals surface area contributed by atoms with Gasteiger partial charge in [-0.05, 0) is 23.8 Å². The maximum absolute atomic E-state index is 13.0. The molecular weight excluding hydrogens is 368 g/mol. The molecule has 144 valence electrons. The van der Waals surface area contributed by atoms with Crippen LogP contribution in [0.15, 0.2) is 114 Å². The highest BCUT2D eigenvalue weighted by Crippen LogP contribution is 2.25. The SMILES string of the molecule is O=c1cc(Cc2ccccc2)n(-c2ccccc2)c2cc(-c3ccccc3)ncc12. The summed E-state index contributed by atoms with van der Waals surface area (Å²) in [5, 5.41) is 0.621. The molecule has 5 aromatic rings. The molecule has 0 aliphatic rings. The Morgan fingerprint density at radius 2 is 1.37 bits per heavy atom. The minimum absolute atomic E-state index is 0.00442. The van der Waals surface area contributed by atoms with Crippen molar-refractivity contribution in [3.8, 4) is 16.9 Å². The van der Waals surface area contributed by atoms with E-state index >= 15 is 0 Å². The largest absolute Gasteiger partial charge is 0.313 e. The summed E-state index contributed by atoms with van der Waals surface area (Å²) in [6.07, 6.45) is 2.37. The molecule has 0 saturated heterocycles. The van der Waals surface area contributed by atoms with Gasteiger partial charge in [0.2, 0.25) is 0 Å². The van der Waals surface area contributed by atoms with Gasteiger partial charge in [0.1, 0.15) is 0 Å². The third-order valence-electron chi connectivity index (χ3n) is 5.29. The van der Waals surface area contributed by atoms with Gasteiger partial charge in [0, 0.05) is 35.6 Å². The van der Waals surface area contributed by atoms with E-state index in [1.807, 2.05) is 72.8 Å². The van der Waals surface area contributed by atoms with Crippen LogP contribution in [0.3, 0.4) is 0 Å². The van der Waals surface area contributed by atoms with Crippen molar-refractivity contribution in [3.05, 3.63) is 131 Å². The summed E-state index contributed by atoms with van der Waals surface area (Å²) >= 11 is 0. The molecule has 0 saturated carbocycles. The fraction of sp³-hybridized carbons (Fsp3) is 0.0370. The Balaban J connectivity index is 1.79. The highest BCUT2D eigenvalue weighted by molar-refractivity contribution is 5.84. The highest BCUT2D eigenvalue weighted by Gasteiger charge is 2.13. The zero-order valence-corrected chi connectivity index (χ0v) is 16.4. The van der Waals surface area contributed by atoms with Gasteiger partial charge in [-0.1, -0.05) is 78.9 Å². The summed E-state index contributed by atoms with van der Waals surface area (Å²) in [5.74, 6) is 0. The molecule has 3 nitrogen and oxygen atoms in total. The van der Waals surface area contributed by atoms with Crippen molar-refractivity contribution in [3.63, 3.8) is 0 Å². The lowest BCUT2D eigenvalue weighted by Gasteiger charge is -2.18. The van der Waals surface area contributed by atoms with Crippen LogP contribution >= 0.6 is 0 Å². The van der Waals surface area contributed by atoms with E-state index in [1.54, 1.807) is 12.3 Å². The van der Waals surface area contributed by atoms with E-state index in [0.717, 1.165) is 28.2 Å². The van der Waals surface area contributed by atoms with Gasteiger partial charge in [0.05, 0.1) is 16.6 Å².